The molecule has 0 saturated heterocycles. The first-order valence-corrected chi connectivity index (χ1v) is 5.80. The molecule has 1 aromatic carbocycles. The Labute approximate surface area is 113 Å². The summed E-state index contributed by atoms with van der Waals surface area (Å²) in [5.41, 5.74) is 0.979. The average Bonchev–Trinajstić information content (AvgIpc) is 2.38. The quantitative estimate of drug-likeness (QED) is 0.726. The van der Waals surface area contributed by atoms with Crippen molar-refractivity contribution in [1.82, 2.24) is 0 Å². The third kappa shape index (κ3) is 3.19. The molecule has 104 valence electrons. The van der Waals surface area contributed by atoms with Crippen molar-refractivity contribution in [1.29, 1.82) is 0 Å². The molecule has 0 bridgehead atoms. The lowest BCUT2D eigenvalue weighted by molar-refractivity contribution is -0.131. The Morgan fingerprint density at radius 3 is 2.75 bits per heavy atom. The predicted octanol–water partition coefficient (Wildman–Crippen LogP) is 1.29. The van der Waals surface area contributed by atoms with Crippen LogP contribution in [0.5, 0.6) is 0 Å². The highest BCUT2D eigenvalue weighted by Crippen LogP contribution is 2.28. The SMILES string of the molecule is O=C(O)/C=C/C(=O)Nc1cc2c(cc1F)CCC(=O)N2. The normalized spacial score (nSPS) is 13.8. The van der Waals surface area contributed by atoms with Crippen molar-refractivity contribution in [3.05, 3.63) is 35.7 Å². The highest BCUT2D eigenvalue weighted by atomic mass is 19.1. The summed E-state index contributed by atoms with van der Waals surface area (Å²) in [6.07, 6.45) is 2.15. The molecule has 1 heterocycles. The van der Waals surface area contributed by atoms with Crippen LogP contribution >= 0.6 is 0 Å². The summed E-state index contributed by atoms with van der Waals surface area (Å²) < 4.78 is 13.8. The smallest absolute Gasteiger partial charge is 0.328 e. The van der Waals surface area contributed by atoms with Crippen LogP contribution in [0.25, 0.3) is 0 Å². The van der Waals surface area contributed by atoms with Gasteiger partial charge in [0.05, 0.1) is 5.69 Å². The minimum atomic E-state index is -1.28. The first-order valence-electron chi connectivity index (χ1n) is 5.80. The Hall–Kier alpha value is -2.70. The van der Waals surface area contributed by atoms with E-state index in [2.05, 4.69) is 10.6 Å². The van der Waals surface area contributed by atoms with Gasteiger partial charge in [-0.3, -0.25) is 9.59 Å². The molecule has 0 unspecified atom stereocenters. The molecule has 3 N–H and O–H groups in total. The van der Waals surface area contributed by atoms with Crippen molar-refractivity contribution < 1.29 is 23.9 Å². The number of rotatable bonds is 3. The van der Waals surface area contributed by atoms with E-state index in [0.717, 1.165) is 6.08 Å². The zero-order valence-corrected chi connectivity index (χ0v) is 10.3. The van der Waals surface area contributed by atoms with Crippen LogP contribution in [0, 0.1) is 5.82 Å². The lowest BCUT2D eigenvalue weighted by Gasteiger charge is -2.18. The Balaban J connectivity index is 2.20. The van der Waals surface area contributed by atoms with Crippen LogP contribution in [0.2, 0.25) is 0 Å². The summed E-state index contributed by atoms with van der Waals surface area (Å²) in [6, 6.07) is 2.56. The van der Waals surface area contributed by atoms with Gasteiger partial charge in [-0.2, -0.15) is 0 Å². The molecular formula is C13H11FN2O4. The summed E-state index contributed by atoms with van der Waals surface area (Å²) in [5.74, 6) is -2.86. The van der Waals surface area contributed by atoms with Gasteiger partial charge in [0.15, 0.2) is 0 Å². The van der Waals surface area contributed by atoms with Crippen LogP contribution in [-0.2, 0) is 20.8 Å². The zero-order chi connectivity index (χ0) is 14.7. The largest absolute Gasteiger partial charge is 0.478 e. The number of carbonyl (C=O) groups is 3. The summed E-state index contributed by atoms with van der Waals surface area (Å²) in [6.45, 7) is 0. The van der Waals surface area contributed by atoms with Gasteiger partial charge in [-0.1, -0.05) is 0 Å². The number of hydrogen-bond acceptors (Lipinski definition) is 3. The molecular weight excluding hydrogens is 267 g/mol. The van der Waals surface area contributed by atoms with Gasteiger partial charge in [0, 0.05) is 24.3 Å². The van der Waals surface area contributed by atoms with Gasteiger partial charge in [0.1, 0.15) is 5.82 Å². The number of aliphatic carboxylic acids is 1. The summed E-state index contributed by atoms with van der Waals surface area (Å²) in [5, 5.41) is 13.2. The Bertz CT molecular complexity index is 625. The Morgan fingerprint density at radius 1 is 1.30 bits per heavy atom. The van der Waals surface area contributed by atoms with Crippen molar-refractivity contribution in [2.45, 2.75) is 12.8 Å². The number of amides is 2. The van der Waals surface area contributed by atoms with Crippen LogP contribution in [0.3, 0.4) is 0 Å². The molecule has 7 heteroatoms. The van der Waals surface area contributed by atoms with E-state index in [1.807, 2.05) is 0 Å². The number of carbonyl (C=O) groups excluding carboxylic acids is 2. The fourth-order valence-electron chi connectivity index (χ4n) is 1.82. The highest BCUT2D eigenvalue weighted by Gasteiger charge is 2.18. The summed E-state index contributed by atoms with van der Waals surface area (Å²) in [4.78, 5) is 32.9. The molecule has 20 heavy (non-hydrogen) atoms. The number of fused-ring (bicyclic) bond motifs is 1. The van der Waals surface area contributed by atoms with Gasteiger partial charge < -0.3 is 15.7 Å². The van der Waals surface area contributed by atoms with E-state index in [1.165, 1.54) is 12.1 Å². The molecule has 2 rings (SSSR count). The standard InChI is InChI=1S/C13H11FN2O4/c14-8-5-7-1-2-11(17)15-9(7)6-10(8)16-12(18)3-4-13(19)20/h3-6H,1-2H2,(H,15,17)(H,16,18)(H,19,20)/b4-3+. The molecule has 0 atom stereocenters. The molecule has 2 amide bonds. The number of benzene rings is 1. The molecule has 6 nitrogen and oxygen atoms in total. The maximum absolute atomic E-state index is 13.8. The third-order valence-corrected chi connectivity index (χ3v) is 2.72. The van der Waals surface area contributed by atoms with Crippen molar-refractivity contribution in [2.75, 3.05) is 10.6 Å². The van der Waals surface area contributed by atoms with E-state index in [0.29, 0.717) is 30.2 Å². The first kappa shape index (κ1) is 13.7. The summed E-state index contributed by atoms with van der Waals surface area (Å²) in [7, 11) is 0. The van der Waals surface area contributed by atoms with E-state index in [9.17, 15) is 18.8 Å². The number of anilines is 2. The lowest BCUT2D eigenvalue weighted by Crippen LogP contribution is -2.20. The van der Waals surface area contributed by atoms with E-state index < -0.39 is 17.7 Å². The van der Waals surface area contributed by atoms with Gasteiger partial charge in [-0.05, 0) is 24.1 Å². The van der Waals surface area contributed by atoms with Gasteiger partial charge in [0.25, 0.3) is 0 Å². The third-order valence-electron chi connectivity index (χ3n) is 2.72. The Kier molecular flexibility index (Phi) is 3.79. The lowest BCUT2D eigenvalue weighted by atomic mass is 10.0. The molecule has 0 aromatic heterocycles. The average molecular weight is 278 g/mol. The fourth-order valence-corrected chi connectivity index (χ4v) is 1.82. The van der Waals surface area contributed by atoms with Gasteiger partial charge >= 0.3 is 5.97 Å². The van der Waals surface area contributed by atoms with Crippen LogP contribution in [-0.4, -0.2) is 22.9 Å². The van der Waals surface area contributed by atoms with Crippen LogP contribution in [0.1, 0.15) is 12.0 Å². The zero-order valence-electron chi connectivity index (χ0n) is 10.3. The minimum Gasteiger partial charge on any atom is -0.478 e. The van der Waals surface area contributed by atoms with Crippen molar-refractivity contribution in [3.63, 3.8) is 0 Å². The minimum absolute atomic E-state index is 0.119. The van der Waals surface area contributed by atoms with Gasteiger partial charge in [-0.15, -0.1) is 0 Å². The van der Waals surface area contributed by atoms with E-state index in [4.69, 9.17) is 5.11 Å². The molecule has 0 radical (unpaired) electrons. The predicted molar refractivity (Wildman–Crippen MR) is 68.8 cm³/mol. The number of carboxylic acid groups (broad SMARTS) is 1. The van der Waals surface area contributed by atoms with Crippen LogP contribution < -0.4 is 10.6 Å². The monoisotopic (exact) mass is 278 g/mol. The molecule has 1 aromatic rings. The topological polar surface area (TPSA) is 95.5 Å². The van der Waals surface area contributed by atoms with Gasteiger partial charge in [-0.25, -0.2) is 9.18 Å². The molecule has 0 spiro atoms. The second-order valence-electron chi connectivity index (χ2n) is 4.20. The Morgan fingerprint density at radius 2 is 2.05 bits per heavy atom. The van der Waals surface area contributed by atoms with Crippen molar-refractivity contribution >= 4 is 29.2 Å². The maximum atomic E-state index is 13.8. The maximum Gasteiger partial charge on any atom is 0.328 e. The first-order chi connectivity index (χ1) is 9.45. The molecule has 0 saturated carbocycles. The van der Waals surface area contributed by atoms with E-state index in [-0.39, 0.29) is 11.6 Å². The second-order valence-corrected chi connectivity index (χ2v) is 4.20. The molecule has 0 fully saturated rings. The molecule has 1 aliphatic rings. The summed E-state index contributed by atoms with van der Waals surface area (Å²) >= 11 is 0. The number of carboxylic acids is 1. The van der Waals surface area contributed by atoms with Gasteiger partial charge in [0.2, 0.25) is 11.8 Å². The molecule has 0 aliphatic carbocycles. The van der Waals surface area contributed by atoms with Crippen LogP contribution in [0.4, 0.5) is 15.8 Å². The fraction of sp³-hybridized carbons (Fsp3) is 0.154. The number of aryl methyl sites for hydroxylation is 1. The number of hydrogen-bond donors (Lipinski definition) is 3. The molecule has 1 aliphatic heterocycles. The van der Waals surface area contributed by atoms with E-state index in [1.54, 1.807) is 0 Å². The second kappa shape index (κ2) is 5.52. The van der Waals surface area contributed by atoms with Crippen LogP contribution in [0.15, 0.2) is 24.3 Å². The number of nitrogens with one attached hydrogen (secondary N) is 2. The van der Waals surface area contributed by atoms with Crippen molar-refractivity contribution in [3.8, 4) is 0 Å². The highest BCUT2D eigenvalue weighted by molar-refractivity contribution is 6.03. The van der Waals surface area contributed by atoms with Crippen molar-refractivity contribution in [2.24, 2.45) is 0 Å². The van der Waals surface area contributed by atoms with E-state index >= 15 is 0 Å². The number of halogens is 1.